The minimum atomic E-state index is -0.970. The minimum absolute atomic E-state index is 0.720. The minimum Gasteiger partial charge on any atom is -0.480 e. The lowest BCUT2D eigenvalue weighted by Crippen LogP contribution is -2.27. The van der Waals surface area contributed by atoms with E-state index in [-0.39, 0.29) is 0 Å². The van der Waals surface area contributed by atoms with Crippen molar-refractivity contribution in [1.29, 1.82) is 0 Å². The third-order valence-corrected chi connectivity index (χ3v) is 4.66. The van der Waals surface area contributed by atoms with Gasteiger partial charge in [0.2, 0.25) is 0 Å². The topological polar surface area (TPSA) is 76.0 Å². The fourth-order valence-corrected chi connectivity index (χ4v) is 3.23. The molecule has 0 aliphatic carbocycles. The molecular weight excluding hydrogens is 310 g/mol. The SMILES string of the molecule is CC(C)(Sc1cncnc1-c1cccc2ncccc12)C(=O)O. The molecule has 2 aromatic heterocycles. The second-order valence-corrected chi connectivity index (χ2v) is 7.19. The zero-order chi connectivity index (χ0) is 16.4. The van der Waals surface area contributed by atoms with Crippen molar-refractivity contribution in [3.05, 3.63) is 49.1 Å². The van der Waals surface area contributed by atoms with E-state index < -0.39 is 10.7 Å². The van der Waals surface area contributed by atoms with Gasteiger partial charge in [0.05, 0.1) is 16.1 Å². The van der Waals surface area contributed by atoms with Gasteiger partial charge in [0.15, 0.2) is 0 Å². The molecule has 0 fully saturated rings. The summed E-state index contributed by atoms with van der Waals surface area (Å²) in [4.78, 5) is 24.9. The maximum atomic E-state index is 11.4. The number of aliphatic carboxylic acids is 1. The molecule has 23 heavy (non-hydrogen) atoms. The first kappa shape index (κ1) is 15.4. The van der Waals surface area contributed by atoms with Gasteiger partial charge >= 0.3 is 5.97 Å². The van der Waals surface area contributed by atoms with Crippen LogP contribution in [0, 0.1) is 0 Å². The van der Waals surface area contributed by atoms with E-state index in [1.807, 2.05) is 30.3 Å². The molecule has 3 rings (SSSR count). The van der Waals surface area contributed by atoms with Crippen LogP contribution < -0.4 is 0 Å². The number of nitrogens with zero attached hydrogens (tertiary/aromatic N) is 3. The molecule has 2 heterocycles. The monoisotopic (exact) mass is 325 g/mol. The zero-order valence-electron chi connectivity index (χ0n) is 12.7. The van der Waals surface area contributed by atoms with Crippen LogP contribution in [0.3, 0.4) is 0 Å². The lowest BCUT2D eigenvalue weighted by atomic mass is 10.1. The van der Waals surface area contributed by atoms with E-state index in [1.165, 1.54) is 18.1 Å². The van der Waals surface area contributed by atoms with Crippen molar-refractivity contribution in [3.8, 4) is 11.3 Å². The summed E-state index contributed by atoms with van der Waals surface area (Å²) in [7, 11) is 0. The Kier molecular flexibility index (Phi) is 4.00. The Hall–Kier alpha value is -2.47. The van der Waals surface area contributed by atoms with Crippen LogP contribution in [0.5, 0.6) is 0 Å². The number of carbonyl (C=O) groups is 1. The first-order chi connectivity index (χ1) is 11.0. The van der Waals surface area contributed by atoms with Crippen LogP contribution in [-0.4, -0.2) is 30.8 Å². The van der Waals surface area contributed by atoms with Crippen molar-refractivity contribution in [2.45, 2.75) is 23.5 Å². The van der Waals surface area contributed by atoms with Crippen molar-refractivity contribution in [3.63, 3.8) is 0 Å². The van der Waals surface area contributed by atoms with Crippen molar-refractivity contribution < 1.29 is 9.90 Å². The smallest absolute Gasteiger partial charge is 0.319 e. The van der Waals surface area contributed by atoms with Crippen molar-refractivity contribution >= 4 is 28.6 Å². The largest absolute Gasteiger partial charge is 0.480 e. The Morgan fingerprint density at radius 2 is 2.00 bits per heavy atom. The van der Waals surface area contributed by atoms with Gasteiger partial charge in [-0.15, -0.1) is 11.8 Å². The molecule has 0 radical (unpaired) electrons. The summed E-state index contributed by atoms with van der Waals surface area (Å²) in [5.41, 5.74) is 2.51. The maximum Gasteiger partial charge on any atom is 0.319 e. The summed E-state index contributed by atoms with van der Waals surface area (Å²) < 4.78 is -0.970. The lowest BCUT2D eigenvalue weighted by molar-refractivity contribution is -0.138. The molecular formula is C17H15N3O2S. The van der Waals surface area contributed by atoms with Crippen LogP contribution >= 0.6 is 11.8 Å². The highest BCUT2D eigenvalue weighted by molar-refractivity contribution is 8.01. The Balaban J connectivity index is 2.15. The van der Waals surface area contributed by atoms with Crippen LogP contribution in [0.15, 0.2) is 53.9 Å². The summed E-state index contributed by atoms with van der Waals surface area (Å²) in [6.07, 6.45) is 4.88. The van der Waals surface area contributed by atoms with Gasteiger partial charge in [-0.2, -0.15) is 0 Å². The molecule has 0 unspecified atom stereocenters. The standard InChI is InChI=1S/C17H15N3O2S/c1-17(2,16(21)22)23-14-9-18-10-20-15(14)12-5-3-7-13-11(12)6-4-8-19-13/h3-10H,1-2H3,(H,21,22). The van der Waals surface area contributed by atoms with Gasteiger partial charge < -0.3 is 5.11 Å². The van der Waals surface area contributed by atoms with Gasteiger partial charge in [-0.25, -0.2) is 9.97 Å². The normalized spacial score (nSPS) is 11.6. The van der Waals surface area contributed by atoms with Crippen molar-refractivity contribution in [2.75, 3.05) is 0 Å². The third-order valence-electron chi connectivity index (χ3n) is 3.46. The highest BCUT2D eigenvalue weighted by Gasteiger charge is 2.30. The molecule has 0 spiro atoms. The fraction of sp³-hybridized carbons (Fsp3) is 0.176. The molecule has 0 bridgehead atoms. The average molecular weight is 325 g/mol. The number of carboxylic acid groups (broad SMARTS) is 1. The molecule has 6 heteroatoms. The molecule has 0 aliphatic rings. The van der Waals surface area contributed by atoms with Gasteiger partial charge in [0.1, 0.15) is 11.1 Å². The number of aromatic nitrogens is 3. The third kappa shape index (κ3) is 3.03. The Morgan fingerprint density at radius 3 is 2.78 bits per heavy atom. The molecule has 116 valence electrons. The second-order valence-electron chi connectivity index (χ2n) is 5.53. The summed E-state index contributed by atoms with van der Waals surface area (Å²) in [6.45, 7) is 3.34. The van der Waals surface area contributed by atoms with E-state index >= 15 is 0 Å². The van der Waals surface area contributed by atoms with E-state index in [0.717, 1.165) is 27.1 Å². The summed E-state index contributed by atoms with van der Waals surface area (Å²) in [5.74, 6) is -0.878. The van der Waals surface area contributed by atoms with E-state index in [9.17, 15) is 9.90 Å². The summed E-state index contributed by atoms with van der Waals surface area (Å²) in [5, 5.41) is 10.3. The van der Waals surface area contributed by atoms with Crippen molar-refractivity contribution in [2.24, 2.45) is 0 Å². The number of pyridine rings is 1. The fourth-order valence-electron chi connectivity index (χ4n) is 2.22. The molecule has 0 saturated carbocycles. The van der Waals surface area contributed by atoms with E-state index in [1.54, 1.807) is 26.2 Å². The van der Waals surface area contributed by atoms with Crippen LogP contribution in [-0.2, 0) is 4.79 Å². The van der Waals surface area contributed by atoms with Gasteiger partial charge in [0, 0.05) is 23.3 Å². The van der Waals surface area contributed by atoms with Gasteiger partial charge in [-0.05, 0) is 26.0 Å². The van der Waals surface area contributed by atoms with E-state index in [4.69, 9.17) is 0 Å². The molecule has 0 amide bonds. The number of benzene rings is 1. The lowest BCUT2D eigenvalue weighted by Gasteiger charge is -2.19. The Bertz CT molecular complexity index is 875. The number of fused-ring (bicyclic) bond motifs is 1. The van der Waals surface area contributed by atoms with E-state index in [2.05, 4.69) is 15.0 Å². The second kappa shape index (κ2) is 5.96. The molecule has 1 aromatic carbocycles. The number of carboxylic acids is 1. The van der Waals surface area contributed by atoms with Gasteiger partial charge in [0.25, 0.3) is 0 Å². The first-order valence-corrected chi connectivity index (χ1v) is 7.87. The molecule has 1 N–H and O–H groups in total. The predicted octanol–water partition coefficient (Wildman–Crippen LogP) is 3.65. The number of thioether (sulfide) groups is 1. The number of rotatable bonds is 4. The quantitative estimate of drug-likeness (QED) is 0.738. The van der Waals surface area contributed by atoms with E-state index in [0.29, 0.717) is 0 Å². The number of hydrogen-bond donors (Lipinski definition) is 1. The maximum absolute atomic E-state index is 11.4. The molecule has 0 atom stereocenters. The van der Waals surface area contributed by atoms with Crippen LogP contribution in [0.4, 0.5) is 0 Å². The highest BCUT2D eigenvalue weighted by Crippen LogP contribution is 2.39. The average Bonchev–Trinajstić information content (AvgIpc) is 2.54. The Labute approximate surface area is 137 Å². The highest BCUT2D eigenvalue weighted by atomic mass is 32.2. The summed E-state index contributed by atoms with van der Waals surface area (Å²) >= 11 is 1.24. The van der Waals surface area contributed by atoms with Gasteiger partial charge in [-0.1, -0.05) is 18.2 Å². The van der Waals surface area contributed by atoms with Crippen LogP contribution in [0.2, 0.25) is 0 Å². The summed E-state index contributed by atoms with van der Waals surface area (Å²) in [6, 6.07) is 9.68. The zero-order valence-corrected chi connectivity index (χ0v) is 13.5. The van der Waals surface area contributed by atoms with Crippen molar-refractivity contribution in [1.82, 2.24) is 15.0 Å². The Morgan fingerprint density at radius 1 is 1.17 bits per heavy atom. The predicted molar refractivity (Wildman–Crippen MR) is 90.3 cm³/mol. The van der Waals surface area contributed by atoms with Crippen LogP contribution in [0.1, 0.15) is 13.8 Å². The molecule has 0 saturated heterocycles. The first-order valence-electron chi connectivity index (χ1n) is 7.05. The molecule has 3 aromatic rings. The van der Waals surface area contributed by atoms with Gasteiger partial charge in [-0.3, -0.25) is 9.78 Å². The molecule has 0 aliphatic heterocycles. The molecule has 5 nitrogen and oxygen atoms in total. The number of hydrogen-bond acceptors (Lipinski definition) is 5. The van der Waals surface area contributed by atoms with Crippen LogP contribution in [0.25, 0.3) is 22.2 Å².